The van der Waals surface area contributed by atoms with Crippen molar-refractivity contribution in [3.8, 4) is 0 Å². The Morgan fingerprint density at radius 2 is 2.29 bits per heavy atom. The molecule has 1 atom stereocenters. The van der Waals surface area contributed by atoms with E-state index in [1.54, 1.807) is 12.1 Å². The highest BCUT2D eigenvalue weighted by Gasteiger charge is 2.31. The zero-order valence-electron chi connectivity index (χ0n) is 8.92. The van der Waals surface area contributed by atoms with Gasteiger partial charge in [-0.2, -0.15) is 0 Å². The molecular formula is C12H10ClFINO. The van der Waals surface area contributed by atoms with E-state index in [0.29, 0.717) is 27.2 Å². The third-order valence-corrected chi connectivity index (χ3v) is 3.78. The average Bonchev–Trinajstić information content (AvgIpc) is 2.59. The van der Waals surface area contributed by atoms with Gasteiger partial charge in [-0.3, -0.25) is 4.79 Å². The van der Waals surface area contributed by atoms with Gasteiger partial charge in [0.05, 0.1) is 5.69 Å². The van der Waals surface area contributed by atoms with Crippen LogP contribution in [0.5, 0.6) is 0 Å². The van der Waals surface area contributed by atoms with Gasteiger partial charge in [-0.25, -0.2) is 4.39 Å². The van der Waals surface area contributed by atoms with Gasteiger partial charge in [0, 0.05) is 27.5 Å². The summed E-state index contributed by atoms with van der Waals surface area (Å²) in [7, 11) is 0. The van der Waals surface area contributed by atoms with E-state index >= 15 is 0 Å². The average molecular weight is 366 g/mol. The zero-order valence-corrected chi connectivity index (χ0v) is 11.8. The number of rotatable bonds is 2. The molecule has 1 aliphatic heterocycles. The summed E-state index contributed by atoms with van der Waals surface area (Å²) >= 11 is 7.74. The molecule has 1 heterocycles. The SMILES string of the molecule is C=CC1CC(=O)N(c2c(F)cc(Cl)cc2I)C1. The molecule has 1 aromatic rings. The topological polar surface area (TPSA) is 20.3 Å². The van der Waals surface area contributed by atoms with Crippen molar-refractivity contribution in [2.24, 2.45) is 5.92 Å². The summed E-state index contributed by atoms with van der Waals surface area (Å²) in [5.74, 6) is -0.442. The van der Waals surface area contributed by atoms with Crippen LogP contribution in [-0.2, 0) is 4.79 Å². The van der Waals surface area contributed by atoms with Gasteiger partial charge < -0.3 is 4.90 Å². The van der Waals surface area contributed by atoms with E-state index in [1.807, 2.05) is 22.6 Å². The van der Waals surface area contributed by atoms with Crippen LogP contribution in [0.15, 0.2) is 24.8 Å². The van der Waals surface area contributed by atoms with Crippen molar-refractivity contribution < 1.29 is 9.18 Å². The highest BCUT2D eigenvalue weighted by molar-refractivity contribution is 14.1. The molecule has 0 aliphatic carbocycles. The van der Waals surface area contributed by atoms with E-state index in [0.717, 1.165) is 0 Å². The van der Waals surface area contributed by atoms with Crippen molar-refractivity contribution in [1.82, 2.24) is 0 Å². The summed E-state index contributed by atoms with van der Waals surface area (Å²) in [5, 5.41) is 0.336. The molecule has 0 saturated carbocycles. The van der Waals surface area contributed by atoms with Crippen LogP contribution in [0.4, 0.5) is 10.1 Å². The first-order chi connectivity index (χ1) is 8.02. The molecular weight excluding hydrogens is 355 g/mol. The number of carbonyl (C=O) groups is 1. The number of carbonyl (C=O) groups excluding carboxylic acids is 1. The minimum Gasteiger partial charge on any atom is -0.308 e. The lowest BCUT2D eigenvalue weighted by atomic mass is 10.1. The predicted molar refractivity (Wildman–Crippen MR) is 74.8 cm³/mol. The lowest BCUT2D eigenvalue weighted by Crippen LogP contribution is -2.26. The molecule has 17 heavy (non-hydrogen) atoms. The molecule has 90 valence electrons. The second-order valence-electron chi connectivity index (χ2n) is 3.92. The molecule has 1 amide bonds. The van der Waals surface area contributed by atoms with E-state index in [1.165, 1.54) is 11.0 Å². The Hall–Kier alpha value is -0.620. The number of anilines is 1. The number of amides is 1. The fraction of sp³-hybridized carbons (Fsp3) is 0.250. The Bertz CT molecular complexity index is 468. The van der Waals surface area contributed by atoms with Crippen LogP contribution < -0.4 is 4.90 Å². The Labute approximate surface area is 118 Å². The van der Waals surface area contributed by atoms with Gasteiger partial charge in [0.1, 0.15) is 5.82 Å². The fourth-order valence-corrected chi connectivity index (χ4v) is 3.17. The monoisotopic (exact) mass is 365 g/mol. The molecule has 0 N–H and O–H groups in total. The van der Waals surface area contributed by atoms with Crippen LogP contribution in [0.1, 0.15) is 6.42 Å². The van der Waals surface area contributed by atoms with Crippen molar-refractivity contribution in [3.05, 3.63) is 39.2 Å². The van der Waals surface area contributed by atoms with Crippen LogP contribution in [-0.4, -0.2) is 12.5 Å². The second kappa shape index (κ2) is 4.94. The number of benzene rings is 1. The van der Waals surface area contributed by atoms with Crippen molar-refractivity contribution in [1.29, 1.82) is 0 Å². The van der Waals surface area contributed by atoms with Crippen molar-refractivity contribution in [2.45, 2.75) is 6.42 Å². The molecule has 0 radical (unpaired) electrons. The summed E-state index contributed by atoms with van der Waals surface area (Å²) < 4.78 is 14.5. The molecule has 1 unspecified atom stereocenters. The molecule has 0 bridgehead atoms. The summed E-state index contributed by atoms with van der Waals surface area (Å²) in [6.07, 6.45) is 2.13. The van der Waals surface area contributed by atoms with Gasteiger partial charge in [-0.15, -0.1) is 6.58 Å². The highest BCUT2D eigenvalue weighted by atomic mass is 127. The van der Waals surface area contributed by atoms with E-state index < -0.39 is 5.82 Å². The van der Waals surface area contributed by atoms with Crippen LogP contribution in [0, 0.1) is 15.3 Å². The highest BCUT2D eigenvalue weighted by Crippen LogP contribution is 2.33. The van der Waals surface area contributed by atoms with Gasteiger partial charge >= 0.3 is 0 Å². The predicted octanol–water partition coefficient (Wildman–Crippen LogP) is 3.62. The van der Waals surface area contributed by atoms with Crippen LogP contribution in [0.2, 0.25) is 5.02 Å². The van der Waals surface area contributed by atoms with Crippen LogP contribution >= 0.6 is 34.2 Å². The Kier molecular flexibility index (Phi) is 3.73. The lowest BCUT2D eigenvalue weighted by Gasteiger charge is -2.19. The quantitative estimate of drug-likeness (QED) is 0.579. The third kappa shape index (κ3) is 2.47. The molecule has 0 spiro atoms. The molecule has 2 rings (SSSR count). The van der Waals surface area contributed by atoms with Crippen molar-refractivity contribution >= 4 is 45.8 Å². The van der Waals surface area contributed by atoms with Crippen molar-refractivity contribution in [2.75, 3.05) is 11.4 Å². The first-order valence-corrected chi connectivity index (χ1v) is 6.56. The molecule has 1 aromatic carbocycles. The molecule has 2 nitrogen and oxygen atoms in total. The Balaban J connectivity index is 2.41. The summed E-state index contributed by atoms with van der Waals surface area (Å²) in [5.41, 5.74) is 0.323. The second-order valence-corrected chi connectivity index (χ2v) is 5.52. The number of halogens is 3. The fourth-order valence-electron chi connectivity index (χ4n) is 1.90. The van der Waals surface area contributed by atoms with Gasteiger partial charge in [-0.05, 0) is 34.7 Å². The Morgan fingerprint density at radius 3 is 2.82 bits per heavy atom. The maximum atomic E-state index is 13.9. The molecule has 1 fully saturated rings. The van der Waals surface area contributed by atoms with Gasteiger partial charge in [0.25, 0.3) is 0 Å². The largest absolute Gasteiger partial charge is 0.308 e. The molecule has 0 aromatic heterocycles. The molecule has 1 aliphatic rings. The maximum Gasteiger partial charge on any atom is 0.227 e. The normalized spacial score (nSPS) is 19.8. The lowest BCUT2D eigenvalue weighted by molar-refractivity contribution is -0.117. The van der Waals surface area contributed by atoms with E-state index in [4.69, 9.17) is 11.6 Å². The summed E-state index contributed by atoms with van der Waals surface area (Å²) in [6, 6.07) is 2.88. The first kappa shape index (κ1) is 12.8. The third-order valence-electron chi connectivity index (χ3n) is 2.74. The Morgan fingerprint density at radius 1 is 1.59 bits per heavy atom. The van der Waals surface area contributed by atoms with Crippen LogP contribution in [0.3, 0.4) is 0 Å². The van der Waals surface area contributed by atoms with E-state index in [-0.39, 0.29) is 11.8 Å². The van der Waals surface area contributed by atoms with Gasteiger partial charge in [-0.1, -0.05) is 17.7 Å². The standard InChI is InChI=1S/C12H10ClFINO/c1-2-7-3-11(17)16(6-7)12-9(14)4-8(13)5-10(12)15/h2,4-5,7H,1,3,6H2. The smallest absolute Gasteiger partial charge is 0.227 e. The van der Waals surface area contributed by atoms with Gasteiger partial charge in [0.15, 0.2) is 0 Å². The van der Waals surface area contributed by atoms with E-state index in [9.17, 15) is 9.18 Å². The minimum absolute atomic E-state index is 0.0750. The van der Waals surface area contributed by atoms with E-state index in [2.05, 4.69) is 6.58 Å². The van der Waals surface area contributed by atoms with Gasteiger partial charge in [0.2, 0.25) is 5.91 Å². The molecule has 1 saturated heterocycles. The first-order valence-electron chi connectivity index (χ1n) is 5.10. The maximum absolute atomic E-state index is 13.9. The zero-order chi connectivity index (χ0) is 12.6. The summed E-state index contributed by atoms with van der Waals surface area (Å²) in [4.78, 5) is 13.3. The number of hydrogen-bond donors (Lipinski definition) is 0. The summed E-state index contributed by atoms with van der Waals surface area (Å²) in [6.45, 7) is 4.15. The number of hydrogen-bond acceptors (Lipinski definition) is 1. The minimum atomic E-state index is -0.458. The van der Waals surface area contributed by atoms with Crippen LogP contribution in [0.25, 0.3) is 0 Å². The number of nitrogens with zero attached hydrogens (tertiary/aromatic N) is 1. The van der Waals surface area contributed by atoms with Crippen molar-refractivity contribution in [3.63, 3.8) is 0 Å². The molecule has 5 heteroatoms.